The fourth-order valence-corrected chi connectivity index (χ4v) is 3.28. The Hall–Kier alpha value is -2.56. The van der Waals surface area contributed by atoms with Crippen LogP contribution < -0.4 is 10.9 Å². The monoisotopic (exact) mass is 451 g/mol. The average Bonchev–Trinajstić information content (AvgIpc) is 2.84. The molecule has 2 rings (SSSR count). The lowest BCUT2D eigenvalue weighted by Crippen LogP contribution is -2.13. The lowest BCUT2D eigenvalue weighted by molar-refractivity contribution is 0.867. The highest BCUT2D eigenvalue weighted by Gasteiger charge is 2.17. The number of hydrogen-bond acceptors (Lipinski definition) is 4. The molecule has 0 aliphatic rings. The minimum atomic E-state index is 0.161. The molecule has 0 aliphatic carbocycles. The van der Waals surface area contributed by atoms with Gasteiger partial charge < -0.3 is 5.73 Å². The van der Waals surface area contributed by atoms with Crippen molar-refractivity contribution in [2.45, 2.75) is 60.3 Å². The standard InChI is InChI=1S/C26H32N2.C2H6.H3NS/c1-6-11-26(19(4)7-2)28-20(5)25(23-14-10-15-24(27)18-23)17-22-13-9-12-21(8-3)16-22;2*1-2/h6-7,9-16,18,25H,2,8,17,27H2,1,3-5H3;1-2H3;2H,1H2/b11-6-,26-19+,28-20?;;. The van der Waals surface area contributed by atoms with Crippen molar-refractivity contribution in [3.63, 3.8) is 0 Å². The van der Waals surface area contributed by atoms with Gasteiger partial charge >= 0.3 is 0 Å². The second-order valence-corrected chi connectivity index (χ2v) is 7.13. The Bertz CT molecular complexity index is 910. The van der Waals surface area contributed by atoms with Crippen molar-refractivity contribution in [3.05, 3.63) is 101 Å². The van der Waals surface area contributed by atoms with Crippen LogP contribution in [-0.4, -0.2) is 5.71 Å². The summed E-state index contributed by atoms with van der Waals surface area (Å²) in [6.07, 6.45) is 7.83. The van der Waals surface area contributed by atoms with Crippen molar-refractivity contribution in [2.24, 2.45) is 10.1 Å². The maximum atomic E-state index is 6.08. The molecule has 0 bridgehead atoms. The number of thiol groups is 1. The van der Waals surface area contributed by atoms with Crippen LogP contribution in [0.5, 0.6) is 0 Å². The maximum Gasteiger partial charge on any atom is 0.0654 e. The van der Waals surface area contributed by atoms with Gasteiger partial charge in [-0.3, -0.25) is 10.1 Å². The Kier molecular flexibility index (Phi) is 15.7. The molecule has 0 fully saturated rings. The highest BCUT2D eigenvalue weighted by molar-refractivity contribution is 7.77. The van der Waals surface area contributed by atoms with E-state index < -0.39 is 0 Å². The number of hydrogen-bond donors (Lipinski definition) is 3. The van der Waals surface area contributed by atoms with Crippen LogP contribution in [0.15, 0.2) is 89.6 Å². The summed E-state index contributed by atoms with van der Waals surface area (Å²) in [6, 6.07) is 17.0. The van der Waals surface area contributed by atoms with Crippen LogP contribution in [0.25, 0.3) is 0 Å². The predicted octanol–water partition coefficient (Wildman–Crippen LogP) is 7.47. The van der Waals surface area contributed by atoms with Gasteiger partial charge in [-0.2, -0.15) is 0 Å². The normalized spacial score (nSPS) is 12.7. The Balaban J connectivity index is 0.00000227. The molecular weight excluding hydrogens is 410 g/mol. The summed E-state index contributed by atoms with van der Waals surface area (Å²) >= 11 is 3.03. The zero-order valence-corrected chi connectivity index (χ0v) is 21.5. The predicted molar refractivity (Wildman–Crippen MR) is 148 cm³/mol. The molecule has 3 nitrogen and oxygen atoms in total. The zero-order chi connectivity index (χ0) is 24.5. The summed E-state index contributed by atoms with van der Waals surface area (Å²) in [5.41, 5.74) is 13.8. The number of benzene rings is 2. The Morgan fingerprint density at radius 1 is 1.06 bits per heavy atom. The Morgan fingerprint density at radius 2 is 1.69 bits per heavy atom. The molecule has 0 aromatic heterocycles. The van der Waals surface area contributed by atoms with E-state index in [2.05, 4.69) is 74.8 Å². The van der Waals surface area contributed by atoms with E-state index >= 15 is 0 Å². The van der Waals surface area contributed by atoms with E-state index in [4.69, 9.17) is 10.7 Å². The summed E-state index contributed by atoms with van der Waals surface area (Å²) in [5.74, 6) is 0.161. The molecule has 4 heteroatoms. The first-order chi connectivity index (χ1) is 15.5. The number of nitrogen functional groups attached to an aromatic ring is 1. The lowest BCUT2D eigenvalue weighted by Gasteiger charge is -2.19. The first-order valence-electron chi connectivity index (χ1n) is 11.2. The molecule has 1 unspecified atom stereocenters. The van der Waals surface area contributed by atoms with E-state index in [9.17, 15) is 0 Å². The molecule has 0 heterocycles. The van der Waals surface area contributed by atoms with Crippen LogP contribution in [-0.2, 0) is 12.8 Å². The quantitative estimate of drug-likeness (QED) is 0.169. The second-order valence-electron chi connectivity index (χ2n) is 7.13. The van der Waals surface area contributed by atoms with Crippen molar-refractivity contribution in [1.82, 2.24) is 0 Å². The van der Waals surface area contributed by atoms with Crippen LogP contribution in [0.3, 0.4) is 0 Å². The number of rotatable bonds is 8. The topological polar surface area (TPSA) is 64.4 Å². The molecule has 2 aromatic carbocycles. The van der Waals surface area contributed by atoms with Gasteiger partial charge in [0.25, 0.3) is 0 Å². The Morgan fingerprint density at radius 3 is 2.25 bits per heavy atom. The first kappa shape index (κ1) is 29.4. The Labute approximate surface area is 201 Å². The van der Waals surface area contributed by atoms with Gasteiger partial charge in [-0.1, -0.05) is 75.9 Å². The second kappa shape index (κ2) is 17.0. The van der Waals surface area contributed by atoms with E-state index in [0.717, 1.165) is 35.5 Å². The largest absolute Gasteiger partial charge is 0.399 e. The summed E-state index contributed by atoms with van der Waals surface area (Å²) in [6.45, 7) is 16.2. The van der Waals surface area contributed by atoms with Gasteiger partial charge in [-0.15, -0.1) is 12.8 Å². The first-order valence-corrected chi connectivity index (χ1v) is 11.7. The zero-order valence-electron chi connectivity index (χ0n) is 20.6. The molecule has 0 aliphatic heterocycles. The van der Waals surface area contributed by atoms with Gasteiger partial charge in [0, 0.05) is 17.3 Å². The fraction of sp³-hybridized carbons (Fsp3) is 0.321. The van der Waals surface area contributed by atoms with Crippen molar-refractivity contribution < 1.29 is 0 Å². The van der Waals surface area contributed by atoms with Gasteiger partial charge in [-0.25, -0.2) is 0 Å². The fourth-order valence-electron chi connectivity index (χ4n) is 3.28. The van der Waals surface area contributed by atoms with Crippen molar-refractivity contribution >= 4 is 24.2 Å². The molecular formula is C28H41N3S. The number of aliphatic imine (C=N–C) groups is 1. The van der Waals surface area contributed by atoms with E-state index in [1.165, 1.54) is 16.7 Å². The molecule has 2 aromatic rings. The van der Waals surface area contributed by atoms with E-state index in [0.29, 0.717) is 0 Å². The minimum absolute atomic E-state index is 0.161. The van der Waals surface area contributed by atoms with Gasteiger partial charge in [0.15, 0.2) is 0 Å². The third-order valence-electron chi connectivity index (χ3n) is 4.99. The molecule has 174 valence electrons. The summed E-state index contributed by atoms with van der Waals surface area (Å²) < 4.78 is 0. The molecule has 0 radical (unpaired) electrons. The van der Waals surface area contributed by atoms with Crippen LogP contribution in [0.1, 0.15) is 64.2 Å². The van der Waals surface area contributed by atoms with Crippen molar-refractivity contribution in [1.29, 1.82) is 0 Å². The number of nitrogens with two attached hydrogens (primary N) is 2. The highest BCUT2D eigenvalue weighted by atomic mass is 32.1. The third kappa shape index (κ3) is 9.71. The van der Waals surface area contributed by atoms with E-state index in [-0.39, 0.29) is 5.92 Å². The van der Waals surface area contributed by atoms with Gasteiger partial charge in [0.05, 0.1) is 5.70 Å². The SMILES string of the molecule is C=C/C(C)=C(\C=C/C)N=C(C)C(Cc1cccc(CC)c1)c1cccc(N)c1.CC.NS. The number of anilines is 1. The van der Waals surface area contributed by atoms with Crippen molar-refractivity contribution in [3.8, 4) is 0 Å². The summed E-state index contributed by atoms with van der Waals surface area (Å²) in [7, 11) is 0. The molecule has 4 N–H and O–H groups in total. The molecule has 0 spiro atoms. The number of aryl methyl sites for hydroxylation is 1. The number of nitrogens with zero attached hydrogens (tertiary/aromatic N) is 1. The summed E-state index contributed by atoms with van der Waals surface area (Å²) in [4.78, 5) is 4.98. The molecule has 0 saturated heterocycles. The third-order valence-corrected chi connectivity index (χ3v) is 4.99. The van der Waals surface area contributed by atoms with Crippen LogP contribution in [0, 0.1) is 0 Å². The lowest BCUT2D eigenvalue weighted by atomic mass is 9.87. The maximum absolute atomic E-state index is 6.08. The van der Waals surface area contributed by atoms with Gasteiger partial charge in [0.2, 0.25) is 0 Å². The molecule has 32 heavy (non-hydrogen) atoms. The molecule has 0 amide bonds. The van der Waals surface area contributed by atoms with Crippen LogP contribution in [0.2, 0.25) is 0 Å². The minimum Gasteiger partial charge on any atom is -0.399 e. The van der Waals surface area contributed by atoms with E-state index in [1.807, 2.05) is 58.1 Å². The van der Waals surface area contributed by atoms with Crippen LogP contribution >= 0.6 is 12.8 Å². The molecule has 1 atom stereocenters. The van der Waals surface area contributed by atoms with Crippen molar-refractivity contribution in [2.75, 3.05) is 5.73 Å². The average molecular weight is 452 g/mol. The van der Waals surface area contributed by atoms with Crippen LogP contribution in [0.4, 0.5) is 5.69 Å². The van der Waals surface area contributed by atoms with E-state index in [1.54, 1.807) is 0 Å². The smallest absolute Gasteiger partial charge is 0.0654 e. The van der Waals surface area contributed by atoms with Gasteiger partial charge in [0.1, 0.15) is 0 Å². The number of allylic oxidation sites excluding steroid dienone is 4. The molecule has 0 saturated carbocycles. The van der Waals surface area contributed by atoms with Gasteiger partial charge in [-0.05, 0) is 74.1 Å². The highest BCUT2D eigenvalue weighted by Crippen LogP contribution is 2.26. The summed E-state index contributed by atoms with van der Waals surface area (Å²) in [5, 5.41) is 4.19.